The van der Waals surface area contributed by atoms with E-state index in [2.05, 4.69) is 25.3 Å². The Labute approximate surface area is 230 Å². The van der Waals surface area contributed by atoms with E-state index in [-0.39, 0.29) is 12.0 Å². The molecule has 0 spiro atoms. The number of nitrogen functional groups attached to an aromatic ring is 1. The van der Waals surface area contributed by atoms with Crippen LogP contribution >= 0.6 is 11.3 Å². The number of benzene rings is 2. The third-order valence-corrected chi connectivity index (χ3v) is 7.03. The summed E-state index contributed by atoms with van der Waals surface area (Å²) in [6.07, 6.45) is 5.28. The number of nitrogens with two attached hydrogens (primary N) is 1. The number of hydrogen-bond donors (Lipinski definition) is 3. The molecule has 39 heavy (non-hydrogen) atoms. The molecule has 4 rings (SSSR count). The number of anilines is 3. The van der Waals surface area contributed by atoms with Crippen molar-refractivity contribution in [1.82, 2.24) is 4.98 Å². The van der Waals surface area contributed by atoms with E-state index in [4.69, 9.17) is 5.73 Å². The number of ether oxygens (including phenoxy) is 1. The summed E-state index contributed by atoms with van der Waals surface area (Å²) in [5.74, 6) is -0.356. The number of nitrogens with one attached hydrogen (secondary N) is 2. The van der Waals surface area contributed by atoms with E-state index >= 15 is 0 Å². The van der Waals surface area contributed by atoms with Gasteiger partial charge in [0, 0.05) is 45.3 Å². The van der Waals surface area contributed by atoms with Crippen LogP contribution in [0.4, 0.5) is 22.0 Å². The van der Waals surface area contributed by atoms with Gasteiger partial charge in [0.15, 0.2) is 0 Å². The molecule has 0 bridgehead atoms. The van der Waals surface area contributed by atoms with Crippen molar-refractivity contribution in [2.24, 2.45) is 4.99 Å². The molecule has 10 heteroatoms. The molecule has 200 valence electrons. The molecule has 2 aromatic carbocycles. The van der Waals surface area contributed by atoms with Gasteiger partial charge in [0.25, 0.3) is 5.91 Å². The van der Waals surface area contributed by atoms with Gasteiger partial charge >= 0.3 is 12.0 Å². The van der Waals surface area contributed by atoms with Gasteiger partial charge in [0.05, 0.1) is 12.7 Å². The molecule has 0 radical (unpaired) electrons. The van der Waals surface area contributed by atoms with Crippen LogP contribution in [-0.4, -0.2) is 36.2 Å². The Morgan fingerprint density at radius 1 is 1.05 bits per heavy atom. The van der Waals surface area contributed by atoms with Crippen LogP contribution in [-0.2, 0) is 9.53 Å². The van der Waals surface area contributed by atoms with Crippen LogP contribution in [0.1, 0.15) is 41.6 Å². The maximum Gasteiger partial charge on any atom is 0.323 e. The first kappa shape index (κ1) is 27.5. The van der Waals surface area contributed by atoms with Crippen LogP contribution in [0.25, 0.3) is 20.5 Å². The quantitative estimate of drug-likeness (QED) is 0.126. The number of esters is 1. The number of aromatic nitrogens is 1. The molecule has 2 heterocycles. The Balaban J connectivity index is 1.43. The fourth-order valence-corrected chi connectivity index (χ4v) is 4.96. The zero-order valence-electron chi connectivity index (χ0n) is 21.7. The maximum atomic E-state index is 12.6. The number of urea groups is 1. The molecule has 0 aliphatic heterocycles. The van der Waals surface area contributed by atoms with E-state index in [1.54, 1.807) is 12.3 Å². The number of aliphatic imine (C=N–C) groups is 1. The predicted octanol–water partition coefficient (Wildman–Crippen LogP) is 6.44. The lowest BCUT2D eigenvalue weighted by molar-refractivity contribution is -0.140. The molecule has 0 fully saturated rings. The number of hydrogen-bond acceptors (Lipinski definition) is 7. The molecule has 9 nitrogen and oxygen atoms in total. The number of carbonyl (C=O) groups excluding carboxylic acids is 3. The van der Waals surface area contributed by atoms with Crippen molar-refractivity contribution in [3.05, 3.63) is 71.9 Å². The molecular formula is C29H29N5O4S. The van der Waals surface area contributed by atoms with Crippen molar-refractivity contribution in [3.63, 3.8) is 0 Å². The number of amides is 3. The molecule has 0 aliphatic rings. The molecule has 4 aromatic rings. The third kappa shape index (κ3) is 7.48. The Bertz CT molecular complexity index is 1550. The smallest absolute Gasteiger partial charge is 0.323 e. The van der Waals surface area contributed by atoms with Gasteiger partial charge in [-0.05, 0) is 79.6 Å². The minimum atomic E-state index is -0.413. The first-order chi connectivity index (χ1) is 18.8. The highest BCUT2D eigenvalue weighted by Crippen LogP contribution is 2.37. The maximum absolute atomic E-state index is 12.6. The zero-order valence-corrected chi connectivity index (χ0v) is 22.5. The van der Waals surface area contributed by atoms with Crippen LogP contribution in [0, 0.1) is 6.92 Å². The largest absolute Gasteiger partial charge is 0.469 e. The first-order valence-corrected chi connectivity index (χ1v) is 13.2. The van der Waals surface area contributed by atoms with Crippen LogP contribution < -0.4 is 16.4 Å². The topological polar surface area (TPSA) is 136 Å². The number of pyridine rings is 1. The summed E-state index contributed by atoms with van der Waals surface area (Å²) < 4.78 is 5.61. The van der Waals surface area contributed by atoms with E-state index in [0.29, 0.717) is 47.6 Å². The minimum absolute atomic E-state index is 0.249. The van der Waals surface area contributed by atoms with Crippen molar-refractivity contribution in [3.8, 4) is 10.4 Å². The monoisotopic (exact) mass is 543 g/mol. The molecule has 0 aliphatic carbocycles. The van der Waals surface area contributed by atoms with Gasteiger partial charge in [0.2, 0.25) is 0 Å². The standard InChI is InChI=1S/C29H29N5O4S/c1-18-7-6-8-21(13-18)33-29(37)34-22-10-11-24-19(14-22)16-25(39-24)23-15-20(17-32-27(23)30)28(36)31-12-5-3-4-9-26(35)38-2/h6-8,10-17H,3-5,9H2,1-2H3,(H2,30,32)(H2,33,34,37)/b31-12+. The highest BCUT2D eigenvalue weighted by atomic mass is 32.1. The number of thiophene rings is 1. The second-order valence-electron chi connectivity index (χ2n) is 8.91. The molecule has 3 amide bonds. The summed E-state index contributed by atoms with van der Waals surface area (Å²) in [5, 5.41) is 6.61. The van der Waals surface area contributed by atoms with Crippen LogP contribution in [0.3, 0.4) is 0 Å². The lowest BCUT2D eigenvalue weighted by atomic mass is 10.1. The number of carbonyl (C=O) groups is 3. The van der Waals surface area contributed by atoms with Gasteiger partial charge in [-0.3, -0.25) is 9.59 Å². The number of fused-ring (bicyclic) bond motifs is 1. The second-order valence-corrected chi connectivity index (χ2v) is 9.99. The summed E-state index contributed by atoms with van der Waals surface area (Å²) in [6.45, 7) is 1.96. The van der Waals surface area contributed by atoms with Crippen molar-refractivity contribution in [2.45, 2.75) is 32.6 Å². The molecule has 0 unspecified atom stereocenters. The normalized spacial score (nSPS) is 11.0. The van der Waals surface area contributed by atoms with E-state index in [1.165, 1.54) is 24.6 Å². The van der Waals surface area contributed by atoms with Crippen molar-refractivity contribution < 1.29 is 19.1 Å². The van der Waals surface area contributed by atoms with Crippen molar-refractivity contribution in [2.75, 3.05) is 23.5 Å². The average Bonchev–Trinajstić information content (AvgIpc) is 3.33. The Morgan fingerprint density at radius 3 is 2.62 bits per heavy atom. The van der Waals surface area contributed by atoms with E-state index in [0.717, 1.165) is 26.9 Å². The minimum Gasteiger partial charge on any atom is -0.469 e. The summed E-state index contributed by atoms with van der Waals surface area (Å²) >= 11 is 1.51. The van der Waals surface area contributed by atoms with Gasteiger partial charge in [-0.1, -0.05) is 12.1 Å². The van der Waals surface area contributed by atoms with E-state index in [1.807, 2.05) is 55.5 Å². The van der Waals surface area contributed by atoms with Gasteiger partial charge < -0.3 is 21.1 Å². The van der Waals surface area contributed by atoms with Crippen molar-refractivity contribution in [1.29, 1.82) is 0 Å². The molecule has 2 aromatic heterocycles. The number of aryl methyl sites for hydroxylation is 1. The predicted molar refractivity (Wildman–Crippen MR) is 157 cm³/mol. The summed E-state index contributed by atoms with van der Waals surface area (Å²) in [4.78, 5) is 45.3. The molecule has 0 saturated carbocycles. The fraction of sp³-hybridized carbons (Fsp3) is 0.207. The second kappa shape index (κ2) is 12.8. The third-order valence-electron chi connectivity index (χ3n) is 5.88. The number of rotatable bonds is 9. The summed E-state index contributed by atoms with van der Waals surface area (Å²) in [5.41, 5.74) is 9.54. The van der Waals surface area contributed by atoms with Crippen LogP contribution in [0.5, 0.6) is 0 Å². The molecule has 4 N–H and O–H groups in total. The Hall–Kier alpha value is -4.57. The highest BCUT2D eigenvalue weighted by molar-refractivity contribution is 7.22. The average molecular weight is 544 g/mol. The fourth-order valence-electron chi connectivity index (χ4n) is 3.89. The van der Waals surface area contributed by atoms with Gasteiger partial charge in [-0.25, -0.2) is 14.8 Å². The van der Waals surface area contributed by atoms with Gasteiger partial charge in [-0.2, -0.15) is 0 Å². The molecule has 0 atom stereocenters. The summed E-state index contributed by atoms with van der Waals surface area (Å²) in [7, 11) is 1.36. The first-order valence-electron chi connectivity index (χ1n) is 12.4. The van der Waals surface area contributed by atoms with Crippen molar-refractivity contribution >= 4 is 62.7 Å². The number of nitrogens with zero attached hydrogens (tertiary/aromatic N) is 2. The van der Waals surface area contributed by atoms with Gasteiger partial charge in [0.1, 0.15) is 5.82 Å². The SMILES string of the molecule is COC(=O)CCCC/C=N/C(=O)c1cnc(N)c(-c2cc3cc(NC(=O)Nc4cccc(C)c4)ccc3s2)c1. The van der Waals surface area contributed by atoms with Gasteiger partial charge in [-0.15, -0.1) is 11.3 Å². The van der Waals surface area contributed by atoms with Crippen LogP contribution in [0.15, 0.2) is 65.8 Å². The van der Waals surface area contributed by atoms with Crippen LogP contribution in [0.2, 0.25) is 0 Å². The Kier molecular flexibility index (Phi) is 9.01. The highest BCUT2D eigenvalue weighted by Gasteiger charge is 2.14. The lowest BCUT2D eigenvalue weighted by Gasteiger charge is -2.08. The van der Waals surface area contributed by atoms with E-state index < -0.39 is 5.91 Å². The summed E-state index contributed by atoms with van der Waals surface area (Å²) in [6, 6.07) is 16.5. The van der Waals surface area contributed by atoms with E-state index in [9.17, 15) is 14.4 Å². The number of methoxy groups -OCH3 is 1. The number of unbranched alkanes of at least 4 members (excludes halogenated alkanes) is 2. The Morgan fingerprint density at radius 2 is 1.85 bits per heavy atom. The molecule has 0 saturated heterocycles. The molecular weight excluding hydrogens is 514 g/mol. The lowest BCUT2D eigenvalue weighted by Crippen LogP contribution is -2.19. The zero-order chi connectivity index (χ0) is 27.8.